The van der Waals surface area contributed by atoms with Gasteiger partial charge in [0, 0.05) is 21.8 Å². The fourth-order valence-corrected chi connectivity index (χ4v) is 4.88. The maximum atomic E-state index is 6.40. The zero-order valence-corrected chi connectivity index (χ0v) is 15.3. The summed E-state index contributed by atoms with van der Waals surface area (Å²) in [6.07, 6.45) is 0.974. The molecule has 0 saturated carbocycles. The molecule has 0 saturated heterocycles. The Balaban J connectivity index is 2.26. The molecule has 2 heterocycles. The maximum Gasteiger partial charge on any atom is 0.0702 e. The van der Waals surface area contributed by atoms with Crippen molar-refractivity contribution < 1.29 is 0 Å². The highest BCUT2D eigenvalue weighted by Crippen LogP contribution is 2.37. The van der Waals surface area contributed by atoms with E-state index >= 15 is 0 Å². The van der Waals surface area contributed by atoms with Crippen molar-refractivity contribution in [3.63, 3.8) is 0 Å². The largest absolute Gasteiger partial charge is 0.326 e. The summed E-state index contributed by atoms with van der Waals surface area (Å²) >= 11 is 7.15. The van der Waals surface area contributed by atoms with Crippen molar-refractivity contribution in [1.82, 2.24) is 4.90 Å². The molecule has 0 aliphatic carbocycles. The number of rotatable bonds is 6. The van der Waals surface area contributed by atoms with Gasteiger partial charge >= 0.3 is 0 Å². The molecule has 0 bridgehead atoms. The minimum absolute atomic E-state index is 0.146. The third-order valence-corrected chi connectivity index (χ3v) is 6.50. The van der Waals surface area contributed by atoms with Crippen LogP contribution in [-0.4, -0.2) is 18.0 Å². The summed E-state index contributed by atoms with van der Waals surface area (Å²) < 4.78 is 1.16. The lowest BCUT2D eigenvalue weighted by Crippen LogP contribution is -2.39. The molecule has 2 aromatic rings. The second kappa shape index (κ2) is 7.18. The summed E-state index contributed by atoms with van der Waals surface area (Å²) in [4.78, 5) is 5.12. The van der Waals surface area contributed by atoms with Gasteiger partial charge < -0.3 is 5.73 Å². The van der Waals surface area contributed by atoms with E-state index < -0.39 is 0 Å². The zero-order chi connectivity index (χ0) is 14.7. The van der Waals surface area contributed by atoms with Crippen molar-refractivity contribution in [3.8, 4) is 0 Å². The van der Waals surface area contributed by atoms with Gasteiger partial charge in [-0.2, -0.15) is 0 Å². The minimum atomic E-state index is 0.146. The first-order valence-electron chi connectivity index (χ1n) is 6.80. The van der Waals surface area contributed by atoms with E-state index in [2.05, 4.69) is 71.4 Å². The minimum Gasteiger partial charge on any atom is -0.326 e. The van der Waals surface area contributed by atoms with Gasteiger partial charge in [0.2, 0.25) is 0 Å². The van der Waals surface area contributed by atoms with Crippen LogP contribution in [0.5, 0.6) is 0 Å². The Bertz CT molecular complexity index is 524. The van der Waals surface area contributed by atoms with Crippen LogP contribution in [0, 0.1) is 0 Å². The summed E-state index contributed by atoms with van der Waals surface area (Å²) in [5.41, 5.74) is 6.40. The van der Waals surface area contributed by atoms with E-state index in [1.165, 1.54) is 9.75 Å². The summed E-state index contributed by atoms with van der Waals surface area (Å²) in [6.45, 7) is 4.41. The first-order valence-corrected chi connectivity index (χ1v) is 9.29. The number of nitrogens with zero attached hydrogens (tertiary/aromatic N) is 1. The Morgan fingerprint density at radius 1 is 1.30 bits per heavy atom. The molecule has 0 aromatic carbocycles. The Morgan fingerprint density at radius 2 is 2.05 bits per heavy atom. The molecule has 0 aliphatic heterocycles. The van der Waals surface area contributed by atoms with Gasteiger partial charge in [-0.05, 0) is 59.9 Å². The molecule has 110 valence electrons. The van der Waals surface area contributed by atoms with Gasteiger partial charge in [0.1, 0.15) is 0 Å². The summed E-state index contributed by atoms with van der Waals surface area (Å²) in [7, 11) is 2.18. The number of halogens is 1. The van der Waals surface area contributed by atoms with Gasteiger partial charge in [-0.15, -0.1) is 22.7 Å². The fraction of sp³-hybridized carbons (Fsp3) is 0.467. The number of likely N-dealkylation sites (N-methyl/N-ethyl adjacent to an activating group) is 1. The molecule has 2 nitrogen and oxygen atoms in total. The molecule has 0 spiro atoms. The second-order valence-electron chi connectivity index (χ2n) is 5.02. The maximum absolute atomic E-state index is 6.40. The van der Waals surface area contributed by atoms with Crippen molar-refractivity contribution in [2.24, 2.45) is 5.73 Å². The van der Waals surface area contributed by atoms with E-state index in [9.17, 15) is 0 Å². The van der Waals surface area contributed by atoms with E-state index in [0.29, 0.717) is 6.04 Å². The summed E-state index contributed by atoms with van der Waals surface area (Å²) in [5.74, 6) is 0. The van der Waals surface area contributed by atoms with E-state index in [4.69, 9.17) is 5.73 Å². The molecule has 0 aliphatic rings. The molecule has 2 N–H and O–H groups in total. The molecule has 5 heteroatoms. The van der Waals surface area contributed by atoms with Gasteiger partial charge in [0.15, 0.2) is 0 Å². The normalized spacial score (nSPS) is 16.3. The Kier molecular flexibility index (Phi) is 5.81. The van der Waals surface area contributed by atoms with Crippen molar-refractivity contribution >= 4 is 38.6 Å². The molecular formula is C15H21BrN2S2. The molecule has 20 heavy (non-hydrogen) atoms. The third-order valence-electron chi connectivity index (χ3n) is 3.77. The second-order valence-corrected chi connectivity index (χ2v) is 8.49. The average molecular weight is 373 g/mol. The standard InChI is InChI=1S/C15H21BrN2S2/c1-4-11(17)15(13-7-8-14(16)20-13)18(3)10(2)12-6-5-9-19-12/h5-11,15H,4,17H2,1-3H3. The highest BCUT2D eigenvalue weighted by atomic mass is 79.9. The molecule has 3 unspecified atom stereocenters. The Hall–Kier alpha value is -0.200. The van der Waals surface area contributed by atoms with Gasteiger partial charge in [-0.1, -0.05) is 13.0 Å². The molecule has 2 aromatic heterocycles. The van der Waals surface area contributed by atoms with Gasteiger partial charge in [-0.25, -0.2) is 0 Å². The number of thiophene rings is 2. The highest BCUT2D eigenvalue weighted by Gasteiger charge is 2.28. The zero-order valence-electron chi connectivity index (χ0n) is 12.0. The van der Waals surface area contributed by atoms with E-state index in [1.807, 2.05) is 11.3 Å². The smallest absolute Gasteiger partial charge is 0.0702 e. The van der Waals surface area contributed by atoms with Crippen LogP contribution in [0.25, 0.3) is 0 Å². The van der Waals surface area contributed by atoms with E-state index in [1.54, 1.807) is 11.3 Å². The monoisotopic (exact) mass is 372 g/mol. The molecule has 3 atom stereocenters. The Labute approximate surface area is 137 Å². The van der Waals surface area contributed by atoms with Gasteiger partial charge in [0.05, 0.1) is 9.83 Å². The number of hydrogen-bond donors (Lipinski definition) is 1. The lowest BCUT2D eigenvalue weighted by molar-refractivity contribution is 0.163. The van der Waals surface area contributed by atoms with Crippen LogP contribution in [-0.2, 0) is 0 Å². The predicted molar refractivity (Wildman–Crippen MR) is 93.5 cm³/mol. The van der Waals surface area contributed by atoms with Crippen LogP contribution in [0.4, 0.5) is 0 Å². The molecule has 0 fully saturated rings. The van der Waals surface area contributed by atoms with Crippen LogP contribution in [0.1, 0.15) is 42.1 Å². The molecule has 0 radical (unpaired) electrons. The van der Waals surface area contributed by atoms with Crippen molar-refractivity contribution in [2.75, 3.05) is 7.05 Å². The summed E-state index contributed by atoms with van der Waals surface area (Å²) in [6, 6.07) is 9.39. The predicted octanol–water partition coefficient (Wildman–Crippen LogP) is 5.04. The quantitative estimate of drug-likeness (QED) is 0.768. The van der Waals surface area contributed by atoms with Crippen molar-refractivity contribution in [3.05, 3.63) is 43.2 Å². The first kappa shape index (κ1) is 16.2. The first-order chi connectivity index (χ1) is 9.54. The van der Waals surface area contributed by atoms with Crippen LogP contribution in [0.2, 0.25) is 0 Å². The van der Waals surface area contributed by atoms with Gasteiger partial charge in [-0.3, -0.25) is 4.90 Å². The lowest BCUT2D eigenvalue weighted by atomic mass is 10.0. The van der Waals surface area contributed by atoms with Crippen LogP contribution in [0.15, 0.2) is 33.4 Å². The summed E-state index contributed by atoms with van der Waals surface area (Å²) in [5, 5.41) is 2.14. The van der Waals surface area contributed by atoms with Crippen LogP contribution < -0.4 is 5.73 Å². The van der Waals surface area contributed by atoms with E-state index in [0.717, 1.165) is 10.2 Å². The number of nitrogens with two attached hydrogens (primary N) is 1. The molecular weight excluding hydrogens is 352 g/mol. The highest BCUT2D eigenvalue weighted by molar-refractivity contribution is 9.11. The topological polar surface area (TPSA) is 29.3 Å². The Morgan fingerprint density at radius 3 is 2.55 bits per heavy atom. The lowest BCUT2D eigenvalue weighted by Gasteiger charge is -2.35. The van der Waals surface area contributed by atoms with Crippen LogP contribution in [0.3, 0.4) is 0 Å². The number of hydrogen-bond acceptors (Lipinski definition) is 4. The molecule has 2 rings (SSSR count). The van der Waals surface area contributed by atoms with Crippen molar-refractivity contribution in [1.29, 1.82) is 0 Å². The SMILES string of the molecule is CCC(N)C(c1ccc(Br)s1)N(C)C(C)c1cccs1. The van der Waals surface area contributed by atoms with Crippen LogP contribution >= 0.6 is 38.6 Å². The molecule has 0 amide bonds. The van der Waals surface area contributed by atoms with Crippen molar-refractivity contribution in [2.45, 2.75) is 38.4 Å². The third kappa shape index (κ3) is 3.52. The van der Waals surface area contributed by atoms with E-state index in [-0.39, 0.29) is 12.1 Å². The van der Waals surface area contributed by atoms with Gasteiger partial charge in [0.25, 0.3) is 0 Å². The average Bonchev–Trinajstić information content (AvgIpc) is 3.09. The fourth-order valence-electron chi connectivity index (χ4n) is 2.39.